The van der Waals surface area contributed by atoms with E-state index in [4.69, 9.17) is 9.47 Å². The lowest BCUT2D eigenvalue weighted by Gasteiger charge is -2.31. The Balaban J connectivity index is 1.22. The van der Waals surface area contributed by atoms with Gasteiger partial charge >= 0.3 is 6.09 Å². The van der Waals surface area contributed by atoms with Gasteiger partial charge < -0.3 is 14.4 Å². The van der Waals surface area contributed by atoms with Crippen LogP contribution in [-0.4, -0.2) is 61.1 Å². The zero-order chi connectivity index (χ0) is 29.0. The third-order valence-electron chi connectivity index (χ3n) is 7.33. The van der Waals surface area contributed by atoms with Crippen molar-refractivity contribution < 1.29 is 32.3 Å². The molecular weight excluding hydrogens is 544 g/mol. The van der Waals surface area contributed by atoms with Crippen LogP contribution in [0.15, 0.2) is 77.7 Å². The smallest absolute Gasteiger partial charge is 0.410 e. The van der Waals surface area contributed by atoms with E-state index in [0.717, 1.165) is 15.4 Å². The molecule has 3 aromatic rings. The second kappa shape index (κ2) is 12.1. The number of carbonyl (C=O) groups is 3. The average Bonchev–Trinajstić information content (AvgIpc) is 3.17. The molecule has 0 unspecified atom stereocenters. The number of amides is 2. The zero-order valence-electron chi connectivity index (χ0n) is 22.8. The van der Waals surface area contributed by atoms with Crippen molar-refractivity contribution in [3.05, 3.63) is 95.1 Å². The normalized spacial score (nSPS) is 16.9. The summed E-state index contributed by atoms with van der Waals surface area (Å²) in [6.07, 6.45) is 1.45. The molecule has 1 atom stereocenters. The molecule has 0 aromatic heterocycles. The predicted molar refractivity (Wildman–Crippen MR) is 151 cm³/mol. The molecule has 0 fully saturated rings. The molecule has 3 aromatic carbocycles. The first kappa shape index (κ1) is 28.4. The molecule has 0 spiro atoms. The third kappa shape index (κ3) is 6.27. The summed E-state index contributed by atoms with van der Waals surface area (Å²) in [6.45, 7) is 2.26. The Morgan fingerprint density at radius 1 is 1.02 bits per heavy atom. The van der Waals surface area contributed by atoms with Crippen molar-refractivity contribution in [1.29, 1.82) is 0 Å². The lowest BCUT2D eigenvalue weighted by molar-refractivity contribution is 0.0688. The number of nitrogens with zero attached hydrogens (tertiary/aromatic N) is 2. The first-order valence-electron chi connectivity index (χ1n) is 13.7. The maximum absolute atomic E-state index is 13.2. The molecule has 0 N–H and O–H groups in total. The van der Waals surface area contributed by atoms with Crippen LogP contribution >= 0.6 is 0 Å². The number of sulfonamides is 1. The third-order valence-corrected chi connectivity index (χ3v) is 9.18. The van der Waals surface area contributed by atoms with Gasteiger partial charge in [-0.05, 0) is 74.1 Å². The topological polar surface area (TPSA) is 110 Å². The molecule has 0 bridgehead atoms. The van der Waals surface area contributed by atoms with Crippen LogP contribution < -0.4 is 4.74 Å². The van der Waals surface area contributed by atoms with Gasteiger partial charge in [0.25, 0.3) is 15.9 Å². The second-order valence-corrected chi connectivity index (χ2v) is 12.1. The molecule has 2 aliphatic rings. The minimum Gasteiger partial charge on any atom is -0.488 e. The van der Waals surface area contributed by atoms with Crippen molar-refractivity contribution in [3.63, 3.8) is 0 Å². The fourth-order valence-corrected chi connectivity index (χ4v) is 6.72. The number of benzene rings is 3. The minimum atomic E-state index is -3.87. The maximum atomic E-state index is 13.2. The number of Topliss-reactive ketones (excluding diaryl/α,β-unsaturated/α-hetero) is 1. The van der Waals surface area contributed by atoms with Gasteiger partial charge in [0.15, 0.2) is 5.78 Å². The van der Waals surface area contributed by atoms with E-state index in [1.165, 1.54) is 19.1 Å². The molecule has 0 saturated heterocycles. The van der Waals surface area contributed by atoms with Crippen molar-refractivity contribution in [2.75, 3.05) is 19.6 Å². The SMILES string of the molecule is CC(=O)c1ccc2c(c1)CC[C@H](CN(CCCCN1C(=O)c3ccccc3S1(=O)=O)C(=O)OCc1ccccc1)O2. The van der Waals surface area contributed by atoms with Crippen LogP contribution in [0, 0.1) is 0 Å². The standard InChI is InChI=1S/C31H32N2O7S/c1-22(34)24-14-16-28-25(19-24)13-15-26(40-28)20-32(31(36)39-21-23-9-3-2-4-10-23)17-7-8-18-33-30(35)27-11-5-6-12-29(27)41(33,37)38/h2-6,9-12,14,16,19,26H,7-8,13,15,17-18,20-21H2,1H3/t26-/m1/s1. The summed E-state index contributed by atoms with van der Waals surface area (Å²) >= 11 is 0. The van der Waals surface area contributed by atoms with Gasteiger partial charge in [-0.15, -0.1) is 0 Å². The molecule has 41 heavy (non-hydrogen) atoms. The molecule has 0 saturated carbocycles. The second-order valence-electron chi connectivity index (χ2n) is 10.2. The molecule has 5 rings (SSSR count). The summed E-state index contributed by atoms with van der Waals surface area (Å²) in [6, 6.07) is 21.0. The maximum Gasteiger partial charge on any atom is 0.410 e. The quantitative estimate of drug-likeness (QED) is 0.251. The number of aryl methyl sites for hydroxylation is 1. The molecule has 2 aliphatic heterocycles. The van der Waals surface area contributed by atoms with Gasteiger partial charge in [0.05, 0.1) is 12.1 Å². The van der Waals surface area contributed by atoms with Gasteiger partial charge in [-0.25, -0.2) is 17.5 Å². The van der Waals surface area contributed by atoms with Crippen LogP contribution in [0.3, 0.4) is 0 Å². The van der Waals surface area contributed by atoms with Gasteiger partial charge in [0.2, 0.25) is 0 Å². The van der Waals surface area contributed by atoms with E-state index >= 15 is 0 Å². The van der Waals surface area contributed by atoms with Crippen LogP contribution in [0.5, 0.6) is 5.75 Å². The summed E-state index contributed by atoms with van der Waals surface area (Å²) in [5.41, 5.74) is 2.65. The van der Waals surface area contributed by atoms with E-state index in [2.05, 4.69) is 0 Å². The number of hydrogen-bond acceptors (Lipinski definition) is 7. The summed E-state index contributed by atoms with van der Waals surface area (Å²) in [4.78, 5) is 39.2. The van der Waals surface area contributed by atoms with Crippen LogP contribution in [0.1, 0.15) is 58.0 Å². The van der Waals surface area contributed by atoms with Gasteiger partial charge in [-0.2, -0.15) is 0 Å². The number of unbranched alkanes of at least 4 members (excludes halogenated alkanes) is 1. The summed E-state index contributed by atoms with van der Waals surface area (Å²) in [7, 11) is -3.87. The number of rotatable bonds is 10. The van der Waals surface area contributed by atoms with Crippen molar-refractivity contribution in [2.45, 2.75) is 50.2 Å². The van der Waals surface area contributed by atoms with E-state index in [9.17, 15) is 22.8 Å². The van der Waals surface area contributed by atoms with E-state index in [1.807, 2.05) is 36.4 Å². The Hall–Kier alpha value is -4.18. The van der Waals surface area contributed by atoms with Crippen LogP contribution in [0.4, 0.5) is 4.79 Å². The number of hydrogen-bond donors (Lipinski definition) is 0. The monoisotopic (exact) mass is 576 g/mol. The highest BCUT2D eigenvalue weighted by Crippen LogP contribution is 2.31. The Kier molecular flexibility index (Phi) is 8.39. The fourth-order valence-electron chi connectivity index (χ4n) is 5.12. The van der Waals surface area contributed by atoms with E-state index in [0.29, 0.717) is 43.5 Å². The molecule has 2 amide bonds. The van der Waals surface area contributed by atoms with Crippen LogP contribution in [0.2, 0.25) is 0 Å². The Morgan fingerprint density at radius 3 is 2.54 bits per heavy atom. The molecule has 9 nitrogen and oxygen atoms in total. The van der Waals surface area contributed by atoms with Crippen molar-refractivity contribution in [2.24, 2.45) is 0 Å². The van der Waals surface area contributed by atoms with E-state index in [1.54, 1.807) is 29.2 Å². The molecular formula is C31H32N2O7S. The van der Waals surface area contributed by atoms with Crippen molar-refractivity contribution in [1.82, 2.24) is 9.21 Å². The molecule has 2 heterocycles. The molecule has 10 heteroatoms. The van der Waals surface area contributed by atoms with Gasteiger partial charge in [0.1, 0.15) is 23.4 Å². The Morgan fingerprint density at radius 2 is 1.78 bits per heavy atom. The Bertz CT molecular complexity index is 1560. The van der Waals surface area contributed by atoms with Crippen molar-refractivity contribution in [3.8, 4) is 5.75 Å². The highest BCUT2D eigenvalue weighted by atomic mass is 32.2. The number of carbonyl (C=O) groups excluding carboxylic acids is 3. The number of fused-ring (bicyclic) bond motifs is 2. The first-order chi connectivity index (χ1) is 19.7. The summed E-state index contributed by atoms with van der Waals surface area (Å²) in [5.74, 6) is 0.165. The first-order valence-corrected chi connectivity index (χ1v) is 15.1. The average molecular weight is 577 g/mol. The predicted octanol–water partition coefficient (Wildman–Crippen LogP) is 4.85. The molecule has 0 radical (unpaired) electrons. The largest absolute Gasteiger partial charge is 0.488 e. The lowest BCUT2D eigenvalue weighted by Crippen LogP contribution is -2.42. The molecule has 0 aliphatic carbocycles. The number of ketones is 1. The van der Waals surface area contributed by atoms with E-state index < -0.39 is 22.0 Å². The van der Waals surface area contributed by atoms with Crippen LogP contribution in [-0.2, 0) is 27.8 Å². The number of ether oxygens (including phenoxy) is 2. The summed E-state index contributed by atoms with van der Waals surface area (Å²) in [5, 5.41) is 0. The van der Waals surface area contributed by atoms with Crippen molar-refractivity contribution >= 4 is 27.8 Å². The minimum absolute atomic E-state index is 0.00503. The van der Waals surface area contributed by atoms with Gasteiger partial charge in [0, 0.05) is 18.7 Å². The summed E-state index contributed by atoms with van der Waals surface area (Å²) < 4.78 is 38.4. The highest BCUT2D eigenvalue weighted by molar-refractivity contribution is 7.90. The zero-order valence-corrected chi connectivity index (χ0v) is 23.6. The lowest BCUT2D eigenvalue weighted by atomic mass is 9.98. The van der Waals surface area contributed by atoms with Gasteiger partial charge in [-0.3, -0.25) is 9.59 Å². The Labute approximate surface area is 239 Å². The van der Waals surface area contributed by atoms with Gasteiger partial charge in [-0.1, -0.05) is 42.5 Å². The van der Waals surface area contributed by atoms with E-state index in [-0.39, 0.29) is 42.0 Å². The van der Waals surface area contributed by atoms with Crippen LogP contribution in [0.25, 0.3) is 0 Å². The highest BCUT2D eigenvalue weighted by Gasteiger charge is 2.40. The molecule has 214 valence electrons. The fraction of sp³-hybridized carbons (Fsp3) is 0.323.